The quantitative estimate of drug-likeness (QED) is 0.402. The number of nitro benzene ring substituents is 1. The standard InChI is InChI=1S/C7H3F2NO3/c8-5-1-4(3-11)2-6(7(5)9)10(12)13/h1-3H. The van der Waals surface area contributed by atoms with E-state index in [1.165, 1.54) is 0 Å². The first-order valence-electron chi connectivity index (χ1n) is 3.15. The third kappa shape index (κ3) is 1.66. The number of benzene rings is 1. The van der Waals surface area contributed by atoms with Crippen LogP contribution in [0, 0.1) is 21.7 Å². The van der Waals surface area contributed by atoms with Crippen LogP contribution in [0.25, 0.3) is 0 Å². The van der Waals surface area contributed by atoms with E-state index in [-0.39, 0.29) is 11.8 Å². The highest BCUT2D eigenvalue weighted by Crippen LogP contribution is 2.20. The first-order valence-corrected chi connectivity index (χ1v) is 3.15. The van der Waals surface area contributed by atoms with Gasteiger partial charge in [-0.05, 0) is 6.07 Å². The van der Waals surface area contributed by atoms with Crippen molar-refractivity contribution in [2.24, 2.45) is 0 Å². The molecule has 4 nitrogen and oxygen atoms in total. The number of hydrogen-bond donors (Lipinski definition) is 0. The van der Waals surface area contributed by atoms with Crippen molar-refractivity contribution in [3.8, 4) is 0 Å². The minimum Gasteiger partial charge on any atom is -0.298 e. The number of nitro groups is 1. The Balaban J connectivity index is 3.41. The molecule has 0 radical (unpaired) electrons. The van der Waals surface area contributed by atoms with Crippen molar-refractivity contribution in [1.82, 2.24) is 0 Å². The Morgan fingerprint density at radius 2 is 2.00 bits per heavy atom. The van der Waals surface area contributed by atoms with E-state index in [0.717, 1.165) is 0 Å². The van der Waals surface area contributed by atoms with E-state index in [2.05, 4.69) is 0 Å². The Hall–Kier alpha value is -1.85. The molecule has 0 atom stereocenters. The van der Waals surface area contributed by atoms with Gasteiger partial charge >= 0.3 is 5.69 Å². The Bertz CT molecular complexity index is 378. The molecule has 1 aromatic rings. The van der Waals surface area contributed by atoms with E-state index in [9.17, 15) is 23.7 Å². The van der Waals surface area contributed by atoms with Crippen LogP contribution < -0.4 is 0 Å². The van der Waals surface area contributed by atoms with E-state index in [1.54, 1.807) is 0 Å². The highest BCUT2D eigenvalue weighted by atomic mass is 19.2. The number of hydrogen-bond acceptors (Lipinski definition) is 3. The Labute approximate surface area is 70.9 Å². The summed E-state index contributed by atoms with van der Waals surface area (Å²) in [7, 11) is 0. The molecule has 0 amide bonds. The van der Waals surface area contributed by atoms with Crippen LogP contribution in [0.4, 0.5) is 14.5 Å². The average Bonchev–Trinajstić information content (AvgIpc) is 2.09. The summed E-state index contributed by atoms with van der Waals surface area (Å²) in [6, 6.07) is 1.26. The zero-order chi connectivity index (χ0) is 10.0. The molecule has 6 heteroatoms. The fourth-order valence-electron chi connectivity index (χ4n) is 0.796. The number of rotatable bonds is 2. The van der Waals surface area contributed by atoms with Crippen molar-refractivity contribution in [2.75, 3.05) is 0 Å². The van der Waals surface area contributed by atoms with Gasteiger partial charge in [0.1, 0.15) is 6.29 Å². The van der Waals surface area contributed by atoms with Gasteiger partial charge in [0.25, 0.3) is 0 Å². The van der Waals surface area contributed by atoms with Crippen molar-refractivity contribution in [3.63, 3.8) is 0 Å². The minimum absolute atomic E-state index is 0.204. The molecule has 0 fully saturated rings. The molecule has 1 aromatic carbocycles. The van der Waals surface area contributed by atoms with Gasteiger partial charge in [-0.15, -0.1) is 0 Å². The highest BCUT2D eigenvalue weighted by molar-refractivity contribution is 5.76. The van der Waals surface area contributed by atoms with E-state index in [0.29, 0.717) is 12.1 Å². The Morgan fingerprint density at radius 3 is 2.46 bits per heavy atom. The number of carbonyl (C=O) groups excluding carboxylic acids is 1. The summed E-state index contributed by atoms with van der Waals surface area (Å²) in [5.41, 5.74) is -1.31. The van der Waals surface area contributed by atoms with Gasteiger partial charge in [-0.3, -0.25) is 14.9 Å². The molecule has 0 aromatic heterocycles. The third-order valence-corrected chi connectivity index (χ3v) is 1.36. The van der Waals surface area contributed by atoms with Gasteiger partial charge in [0.15, 0.2) is 5.82 Å². The molecule has 68 valence electrons. The molecule has 0 bridgehead atoms. The lowest BCUT2D eigenvalue weighted by atomic mass is 10.2. The summed E-state index contributed by atoms with van der Waals surface area (Å²) >= 11 is 0. The van der Waals surface area contributed by atoms with E-state index in [1.807, 2.05) is 0 Å². The number of aldehydes is 1. The Morgan fingerprint density at radius 1 is 1.38 bits per heavy atom. The molecule has 1 rings (SSSR count). The molecular weight excluding hydrogens is 184 g/mol. The second-order valence-corrected chi connectivity index (χ2v) is 2.21. The van der Waals surface area contributed by atoms with Crippen LogP contribution in [-0.2, 0) is 0 Å². The van der Waals surface area contributed by atoms with Crippen LogP contribution in [0.15, 0.2) is 12.1 Å². The third-order valence-electron chi connectivity index (χ3n) is 1.36. The summed E-state index contributed by atoms with van der Waals surface area (Å²) in [6.07, 6.45) is 0.204. The molecule has 0 saturated heterocycles. The second kappa shape index (κ2) is 3.26. The van der Waals surface area contributed by atoms with Gasteiger partial charge in [0.05, 0.1) is 4.92 Å². The molecule has 0 spiro atoms. The average molecular weight is 187 g/mol. The second-order valence-electron chi connectivity index (χ2n) is 2.21. The van der Waals surface area contributed by atoms with Gasteiger partial charge in [0.2, 0.25) is 5.82 Å². The SMILES string of the molecule is O=Cc1cc(F)c(F)c([N+](=O)[O-])c1. The number of carbonyl (C=O) groups is 1. The lowest BCUT2D eigenvalue weighted by molar-refractivity contribution is -0.387. The predicted octanol–water partition coefficient (Wildman–Crippen LogP) is 1.69. The maximum Gasteiger partial charge on any atom is 0.308 e. The lowest BCUT2D eigenvalue weighted by Gasteiger charge is -1.96. The summed E-state index contributed by atoms with van der Waals surface area (Å²) < 4.78 is 25.2. The van der Waals surface area contributed by atoms with Gasteiger partial charge in [-0.2, -0.15) is 4.39 Å². The highest BCUT2D eigenvalue weighted by Gasteiger charge is 2.19. The first-order chi connectivity index (χ1) is 6.06. The van der Waals surface area contributed by atoms with Crippen LogP contribution in [0.1, 0.15) is 10.4 Å². The molecular formula is C7H3F2NO3. The van der Waals surface area contributed by atoms with E-state index in [4.69, 9.17) is 0 Å². The molecule has 0 aliphatic heterocycles. The number of halogens is 2. The molecule has 0 saturated carbocycles. The summed E-state index contributed by atoms with van der Waals surface area (Å²) in [5, 5.41) is 10.1. The van der Waals surface area contributed by atoms with Gasteiger partial charge in [-0.1, -0.05) is 0 Å². The maximum absolute atomic E-state index is 12.6. The van der Waals surface area contributed by atoms with Gasteiger partial charge in [-0.25, -0.2) is 4.39 Å². The van der Waals surface area contributed by atoms with Crippen molar-refractivity contribution < 1.29 is 18.5 Å². The predicted molar refractivity (Wildman–Crippen MR) is 38.4 cm³/mol. The van der Waals surface area contributed by atoms with Crippen LogP contribution in [0.2, 0.25) is 0 Å². The fourth-order valence-corrected chi connectivity index (χ4v) is 0.796. The van der Waals surface area contributed by atoms with E-state index < -0.39 is 22.2 Å². The summed E-state index contributed by atoms with van der Waals surface area (Å²) in [5.74, 6) is -2.97. The van der Waals surface area contributed by atoms with Gasteiger partial charge in [0, 0.05) is 11.6 Å². The zero-order valence-corrected chi connectivity index (χ0v) is 6.16. The van der Waals surface area contributed by atoms with Crippen LogP contribution in [0.5, 0.6) is 0 Å². The zero-order valence-electron chi connectivity index (χ0n) is 6.16. The van der Waals surface area contributed by atoms with Crippen molar-refractivity contribution >= 4 is 12.0 Å². The largest absolute Gasteiger partial charge is 0.308 e. The van der Waals surface area contributed by atoms with E-state index >= 15 is 0 Å². The fraction of sp³-hybridized carbons (Fsp3) is 0. The van der Waals surface area contributed by atoms with Crippen LogP contribution in [-0.4, -0.2) is 11.2 Å². The van der Waals surface area contributed by atoms with Crippen molar-refractivity contribution in [1.29, 1.82) is 0 Å². The monoisotopic (exact) mass is 187 g/mol. The van der Waals surface area contributed by atoms with Crippen LogP contribution >= 0.6 is 0 Å². The normalized spacial score (nSPS) is 9.69. The molecule has 0 N–H and O–H groups in total. The smallest absolute Gasteiger partial charge is 0.298 e. The number of nitrogens with zero attached hydrogens (tertiary/aromatic N) is 1. The summed E-state index contributed by atoms with van der Waals surface area (Å²) in [4.78, 5) is 19.2. The molecule has 0 aliphatic rings. The molecule has 0 aliphatic carbocycles. The van der Waals surface area contributed by atoms with Gasteiger partial charge < -0.3 is 0 Å². The molecule has 0 heterocycles. The van der Waals surface area contributed by atoms with Crippen LogP contribution in [0.3, 0.4) is 0 Å². The minimum atomic E-state index is -1.56. The topological polar surface area (TPSA) is 60.2 Å². The van der Waals surface area contributed by atoms with Crippen molar-refractivity contribution in [2.45, 2.75) is 0 Å². The van der Waals surface area contributed by atoms with Crippen molar-refractivity contribution in [3.05, 3.63) is 39.4 Å². The maximum atomic E-state index is 12.6. The first kappa shape index (κ1) is 9.24. The lowest BCUT2D eigenvalue weighted by Crippen LogP contribution is -1.97. The molecule has 13 heavy (non-hydrogen) atoms. The summed E-state index contributed by atoms with van der Waals surface area (Å²) in [6.45, 7) is 0. The molecule has 0 unspecified atom stereocenters. The Kier molecular flexibility index (Phi) is 2.32.